The lowest BCUT2D eigenvalue weighted by Gasteiger charge is -2.37. The van der Waals surface area contributed by atoms with Gasteiger partial charge in [-0.15, -0.1) is 11.8 Å². The van der Waals surface area contributed by atoms with Crippen molar-refractivity contribution < 1.29 is 71.1 Å². The smallest absolute Gasteiger partial charge is 0.465 e. The Hall–Kier alpha value is -5.70. The van der Waals surface area contributed by atoms with Gasteiger partial charge in [-0.2, -0.15) is 13.2 Å². The molecule has 0 amide bonds. The Morgan fingerprint density at radius 3 is 2.10 bits per heavy atom. The number of hydrogen-bond donors (Lipinski definition) is 5. The van der Waals surface area contributed by atoms with Crippen LogP contribution in [-0.4, -0.2) is 133 Å². The van der Waals surface area contributed by atoms with Crippen LogP contribution in [0.15, 0.2) is 129 Å². The van der Waals surface area contributed by atoms with Crippen LogP contribution in [-0.2, 0) is 43.8 Å². The molecule has 5 aromatic carbocycles. The van der Waals surface area contributed by atoms with Crippen LogP contribution in [0.2, 0.25) is 5.02 Å². The summed E-state index contributed by atoms with van der Waals surface area (Å²) in [4.78, 5) is 37.9. The Balaban J connectivity index is 0.951. The van der Waals surface area contributed by atoms with E-state index in [2.05, 4.69) is 15.0 Å². The molecule has 0 bridgehead atoms. The van der Waals surface area contributed by atoms with E-state index in [0.29, 0.717) is 103 Å². The number of aromatic amines is 1. The van der Waals surface area contributed by atoms with Crippen LogP contribution in [0.3, 0.4) is 0 Å². The minimum absolute atomic E-state index is 0.00425. The fourth-order valence-electron chi connectivity index (χ4n) is 9.68. The van der Waals surface area contributed by atoms with Gasteiger partial charge in [0.25, 0.3) is 19.9 Å². The molecule has 2 fully saturated rings. The van der Waals surface area contributed by atoms with Gasteiger partial charge in [0.2, 0.25) is 0 Å². The molecule has 436 valence electrons. The number of aryl methyl sites for hydroxylation is 1. The van der Waals surface area contributed by atoms with Crippen molar-refractivity contribution in [2.45, 2.75) is 57.3 Å². The summed E-state index contributed by atoms with van der Waals surface area (Å²) in [7, 11) is -19.1. The number of piperidine rings is 1. The monoisotopic (exact) mass is 1240 g/mol. The van der Waals surface area contributed by atoms with Crippen LogP contribution < -0.4 is 19.8 Å². The lowest BCUT2D eigenvalue weighted by atomic mass is 9.97. The zero-order chi connectivity index (χ0) is 58.7. The standard InChI is InChI=1S/C53H57ClF5N6O11PS4/c1-34-51(79(2,70)71)49(50(60-34)35-7-9-38(54)10-8-35)37-29-39(55)31-43(30-37)65-25-23-64(24-26-65)42-13-11-40(12-14-42)62-81(74,75)44-15-16-46(48(32-44)80(72,73)53(57,58)59)61-41(33-78-47-6-4-3-5-45(47)56)19-22-63-20-17-36(18-21-63)52(66)76-27-28-77(67,68)69/h3-16,29-32,36,41,60-62H,17-28,33H2,1-2H3,(H2,67,68,69)/t41-/m1/s1. The number of thioether (sulfide) groups is 1. The molecule has 0 unspecified atom stereocenters. The Labute approximate surface area is 475 Å². The van der Waals surface area contributed by atoms with E-state index in [9.17, 15) is 52.2 Å². The van der Waals surface area contributed by atoms with Gasteiger partial charge in [0.1, 0.15) is 23.1 Å². The number of hydrogen-bond acceptors (Lipinski definition) is 14. The lowest BCUT2D eigenvalue weighted by molar-refractivity contribution is -0.149. The molecule has 0 radical (unpaired) electrons. The highest BCUT2D eigenvalue weighted by molar-refractivity contribution is 7.99. The zero-order valence-electron chi connectivity index (χ0n) is 43.5. The topological polar surface area (TPSA) is 236 Å². The Bertz CT molecular complexity index is 3660. The van der Waals surface area contributed by atoms with Gasteiger partial charge in [-0.3, -0.25) is 14.1 Å². The number of sulfone groups is 2. The highest BCUT2D eigenvalue weighted by Crippen LogP contribution is 2.42. The van der Waals surface area contributed by atoms with E-state index in [1.807, 2.05) is 14.7 Å². The summed E-state index contributed by atoms with van der Waals surface area (Å²) in [5.74, 6) is -2.27. The number of anilines is 4. The zero-order valence-corrected chi connectivity index (χ0v) is 48.4. The van der Waals surface area contributed by atoms with Gasteiger partial charge in [-0.1, -0.05) is 35.9 Å². The van der Waals surface area contributed by atoms with E-state index < -0.39 is 101 Å². The highest BCUT2D eigenvalue weighted by atomic mass is 35.5. The minimum Gasteiger partial charge on any atom is -0.465 e. The second-order valence-electron chi connectivity index (χ2n) is 19.6. The van der Waals surface area contributed by atoms with Crippen LogP contribution in [0.4, 0.5) is 44.7 Å². The molecule has 17 nitrogen and oxygen atoms in total. The fraction of sp³-hybridized carbons (Fsp3) is 0.340. The van der Waals surface area contributed by atoms with Crippen LogP contribution in [0.5, 0.6) is 0 Å². The molecule has 8 rings (SSSR count). The van der Waals surface area contributed by atoms with Crippen molar-refractivity contribution in [2.24, 2.45) is 5.92 Å². The number of ether oxygens (including phenoxy) is 1. The van der Waals surface area contributed by atoms with Crippen molar-refractivity contribution in [3.8, 4) is 22.4 Å². The molecule has 6 aromatic rings. The number of rotatable bonds is 21. The predicted molar refractivity (Wildman–Crippen MR) is 302 cm³/mol. The largest absolute Gasteiger partial charge is 0.501 e. The number of alkyl halides is 3. The van der Waals surface area contributed by atoms with Gasteiger partial charge < -0.3 is 39.5 Å². The van der Waals surface area contributed by atoms with Crippen LogP contribution >= 0.6 is 31.0 Å². The average molecular weight is 1240 g/mol. The number of sulfonamides is 1. The Kier molecular flexibility index (Phi) is 19.0. The maximum absolute atomic E-state index is 15.5. The van der Waals surface area contributed by atoms with Gasteiger partial charge in [0.15, 0.2) is 9.84 Å². The van der Waals surface area contributed by atoms with Crippen molar-refractivity contribution in [1.29, 1.82) is 0 Å². The summed E-state index contributed by atoms with van der Waals surface area (Å²) in [6.45, 7) is 3.88. The van der Waals surface area contributed by atoms with Gasteiger partial charge >= 0.3 is 19.1 Å². The number of piperazine rings is 1. The third-order valence-electron chi connectivity index (χ3n) is 13.8. The maximum Gasteiger partial charge on any atom is 0.501 e. The first kappa shape index (κ1) is 61.4. The molecule has 5 N–H and O–H groups in total. The van der Waals surface area contributed by atoms with E-state index in [4.69, 9.17) is 26.1 Å². The van der Waals surface area contributed by atoms with E-state index in [1.165, 1.54) is 42.5 Å². The Morgan fingerprint density at radius 1 is 0.840 bits per heavy atom. The second kappa shape index (κ2) is 25.0. The van der Waals surface area contributed by atoms with E-state index in [1.54, 1.807) is 55.5 Å². The number of aromatic nitrogens is 1. The van der Waals surface area contributed by atoms with Gasteiger partial charge in [0.05, 0.1) is 33.3 Å². The van der Waals surface area contributed by atoms with Gasteiger partial charge in [0, 0.05) is 89.0 Å². The first-order chi connectivity index (χ1) is 38.1. The van der Waals surface area contributed by atoms with Crippen molar-refractivity contribution in [3.63, 3.8) is 0 Å². The van der Waals surface area contributed by atoms with Gasteiger partial charge in [-0.05, 0) is 135 Å². The lowest BCUT2D eigenvalue weighted by Crippen LogP contribution is -2.46. The molecule has 0 saturated carbocycles. The third-order valence-corrected chi connectivity index (χ3v) is 20.2. The third kappa shape index (κ3) is 15.3. The van der Waals surface area contributed by atoms with Crippen molar-refractivity contribution >= 4 is 89.4 Å². The summed E-state index contributed by atoms with van der Waals surface area (Å²) < 4.78 is 173. The fourth-order valence-corrected chi connectivity index (χ4v) is 14.4. The number of halogens is 6. The van der Waals surface area contributed by atoms with Crippen molar-refractivity contribution in [3.05, 3.63) is 132 Å². The number of H-pyrrole nitrogens is 1. The molecule has 2 saturated heterocycles. The normalized spacial score (nSPS) is 15.6. The molecule has 0 spiro atoms. The minimum atomic E-state index is -6.20. The van der Waals surface area contributed by atoms with Crippen molar-refractivity contribution in [2.75, 3.05) is 90.4 Å². The Morgan fingerprint density at radius 2 is 1.48 bits per heavy atom. The first-order valence-corrected chi connectivity index (χ1v) is 33.2. The molecule has 81 heavy (non-hydrogen) atoms. The second-order valence-corrected chi connectivity index (χ2v) is 28.4. The summed E-state index contributed by atoms with van der Waals surface area (Å²) in [6.07, 6.45) is 1.31. The van der Waals surface area contributed by atoms with Crippen LogP contribution in [0.1, 0.15) is 25.0 Å². The van der Waals surface area contributed by atoms with E-state index >= 15 is 4.39 Å². The first-order valence-electron chi connectivity index (χ1n) is 25.2. The average Bonchev–Trinajstić information content (AvgIpc) is 4.01. The number of nitrogens with zero attached hydrogens (tertiary/aromatic N) is 3. The van der Waals surface area contributed by atoms with Crippen LogP contribution in [0, 0.1) is 24.5 Å². The molecule has 2 aliphatic rings. The number of benzene rings is 5. The predicted octanol–water partition coefficient (Wildman–Crippen LogP) is 9.81. The molecule has 1 atom stereocenters. The summed E-state index contributed by atoms with van der Waals surface area (Å²) in [6, 6.07) is 24.6. The van der Waals surface area contributed by atoms with Gasteiger partial charge in [-0.25, -0.2) is 34.0 Å². The molecule has 3 heterocycles. The van der Waals surface area contributed by atoms with Crippen LogP contribution in [0.25, 0.3) is 22.4 Å². The molecule has 28 heteroatoms. The van der Waals surface area contributed by atoms with E-state index in [-0.39, 0.29) is 34.2 Å². The molecule has 1 aromatic heterocycles. The number of nitrogens with one attached hydrogen (secondary N) is 3. The van der Waals surface area contributed by atoms with E-state index in [0.717, 1.165) is 30.2 Å². The SMILES string of the molecule is Cc1[nH]c(-c2ccc(Cl)cc2)c(-c2cc(F)cc(N3CCN(c4ccc(NS(=O)(=O)c5ccc(N[C@H](CCN6CCC(C(=O)OCCP(=O)(O)O)CC6)CSc6ccccc6F)c(S(=O)(=O)C(F)(F)F)c5)cc4)CC3)c2)c1S(C)(=O)=O. The summed E-state index contributed by atoms with van der Waals surface area (Å²) >= 11 is 7.16. The number of esters is 1. The number of likely N-dealkylation sites (tertiary alicyclic amines) is 1. The van der Waals surface area contributed by atoms with Crippen molar-refractivity contribution in [1.82, 2.24) is 9.88 Å². The number of carbonyl (C=O) groups is 1. The summed E-state index contributed by atoms with van der Waals surface area (Å²) in [5.41, 5.74) is -3.05. The molecular formula is C53H57ClF5N6O11PS4. The molecule has 0 aliphatic carbocycles. The number of carbonyl (C=O) groups excluding carboxylic acids is 1. The highest BCUT2D eigenvalue weighted by Gasteiger charge is 2.48. The molecular weight excluding hydrogens is 1190 g/mol. The molecule has 2 aliphatic heterocycles. The maximum atomic E-state index is 15.5. The quantitative estimate of drug-likeness (QED) is 0.0195. The summed E-state index contributed by atoms with van der Waals surface area (Å²) in [5, 5.41) is 3.35.